The summed E-state index contributed by atoms with van der Waals surface area (Å²) in [6, 6.07) is 12.1. The first-order valence-corrected chi connectivity index (χ1v) is 9.62. The molecule has 0 unspecified atom stereocenters. The summed E-state index contributed by atoms with van der Waals surface area (Å²) in [7, 11) is 0. The van der Waals surface area contributed by atoms with E-state index < -0.39 is 0 Å². The molecule has 3 heteroatoms. The molecule has 0 aliphatic rings. The highest BCUT2D eigenvalue weighted by atomic mass is 32.1. The van der Waals surface area contributed by atoms with Crippen LogP contribution >= 0.6 is 11.3 Å². The zero-order valence-corrected chi connectivity index (χ0v) is 15.4. The Kier molecular flexibility index (Phi) is 7.76. The number of hydrogen-bond acceptors (Lipinski definition) is 3. The summed E-state index contributed by atoms with van der Waals surface area (Å²) in [5, 5.41) is 0. The Morgan fingerprint density at radius 3 is 2.54 bits per heavy atom. The molecule has 0 saturated carbocycles. The maximum absolute atomic E-state index is 11.8. The van der Waals surface area contributed by atoms with Crippen molar-refractivity contribution < 1.29 is 9.53 Å². The normalized spacial score (nSPS) is 11.1. The van der Waals surface area contributed by atoms with Crippen LogP contribution in [-0.2, 0) is 11.2 Å². The Hall–Kier alpha value is -1.87. The lowest BCUT2D eigenvalue weighted by Gasteiger charge is -2.03. The van der Waals surface area contributed by atoms with Crippen molar-refractivity contribution in [3.63, 3.8) is 0 Å². The molecule has 1 aromatic heterocycles. The zero-order valence-electron chi connectivity index (χ0n) is 14.6. The summed E-state index contributed by atoms with van der Waals surface area (Å²) in [5.74, 6) is 0.285. The zero-order chi connectivity index (χ0) is 17.2. The van der Waals surface area contributed by atoms with E-state index in [2.05, 4.69) is 26.0 Å². The van der Waals surface area contributed by atoms with Crippen molar-refractivity contribution in [2.24, 2.45) is 0 Å². The number of rotatable bonds is 9. The van der Waals surface area contributed by atoms with Crippen LogP contribution in [0.15, 0.2) is 48.6 Å². The Bertz CT molecular complexity index is 653. The van der Waals surface area contributed by atoms with E-state index in [0.29, 0.717) is 5.75 Å². The van der Waals surface area contributed by atoms with Gasteiger partial charge in [-0.15, -0.1) is 11.3 Å². The predicted octanol–water partition coefficient (Wildman–Crippen LogP) is 6.41. The van der Waals surface area contributed by atoms with E-state index in [1.165, 1.54) is 35.1 Å². The first kappa shape index (κ1) is 18.5. The second kappa shape index (κ2) is 10.1. The van der Waals surface area contributed by atoms with Gasteiger partial charge in [0.05, 0.1) is 0 Å². The van der Waals surface area contributed by atoms with Crippen LogP contribution in [0.3, 0.4) is 0 Å². The number of ether oxygens (including phenoxy) is 1. The van der Waals surface area contributed by atoms with E-state index in [1.54, 1.807) is 0 Å². The van der Waals surface area contributed by atoms with Crippen LogP contribution in [-0.4, -0.2) is 5.97 Å². The second-order valence-corrected chi connectivity index (χ2v) is 7.03. The molecule has 0 amide bonds. The van der Waals surface area contributed by atoms with Gasteiger partial charge < -0.3 is 4.74 Å². The second-order valence-electron chi connectivity index (χ2n) is 5.86. The van der Waals surface area contributed by atoms with Crippen LogP contribution in [0.25, 0.3) is 10.4 Å². The molecule has 2 aromatic rings. The van der Waals surface area contributed by atoms with Crippen LogP contribution in [0.2, 0.25) is 0 Å². The van der Waals surface area contributed by atoms with E-state index in [4.69, 9.17) is 4.74 Å². The number of aryl methyl sites for hydroxylation is 1. The summed E-state index contributed by atoms with van der Waals surface area (Å²) in [6.45, 7) is 4.36. The molecule has 1 aromatic carbocycles. The smallest absolute Gasteiger partial charge is 0.335 e. The quantitative estimate of drug-likeness (QED) is 0.228. The van der Waals surface area contributed by atoms with Gasteiger partial charge in [0, 0.05) is 15.8 Å². The third kappa shape index (κ3) is 5.97. The molecule has 0 N–H and O–H groups in total. The van der Waals surface area contributed by atoms with Gasteiger partial charge in [-0.2, -0.15) is 0 Å². The van der Waals surface area contributed by atoms with Crippen molar-refractivity contribution in [2.45, 2.75) is 52.4 Å². The summed E-state index contributed by atoms with van der Waals surface area (Å²) >= 11 is 1.83. The molecule has 0 saturated heterocycles. The standard InChI is InChI=1S/C21H26O2S/c1-3-5-6-7-8-10-21(22)23-18-13-11-17(12-14-18)20-16-15-19(24-20)9-4-2/h8,10-16H,3-7,9H2,1-2H3. The van der Waals surface area contributed by atoms with Gasteiger partial charge >= 0.3 is 5.97 Å². The van der Waals surface area contributed by atoms with Crippen LogP contribution in [0.5, 0.6) is 5.75 Å². The Morgan fingerprint density at radius 1 is 1.04 bits per heavy atom. The average Bonchev–Trinajstić information content (AvgIpc) is 3.04. The number of unbranched alkanes of at least 4 members (excludes halogenated alkanes) is 3. The highest BCUT2D eigenvalue weighted by Gasteiger charge is 2.04. The van der Waals surface area contributed by atoms with Crippen molar-refractivity contribution in [2.75, 3.05) is 0 Å². The lowest BCUT2D eigenvalue weighted by molar-refractivity contribution is -0.129. The predicted molar refractivity (Wildman–Crippen MR) is 103 cm³/mol. The van der Waals surface area contributed by atoms with Gasteiger partial charge in [0.1, 0.15) is 5.75 Å². The Labute approximate surface area is 149 Å². The third-order valence-electron chi connectivity index (χ3n) is 3.74. The molecule has 0 bridgehead atoms. The van der Waals surface area contributed by atoms with Crippen molar-refractivity contribution in [1.82, 2.24) is 0 Å². The fourth-order valence-corrected chi connectivity index (χ4v) is 3.56. The van der Waals surface area contributed by atoms with Crippen molar-refractivity contribution in [3.05, 3.63) is 53.4 Å². The monoisotopic (exact) mass is 342 g/mol. The lowest BCUT2D eigenvalue weighted by Crippen LogP contribution is -2.03. The summed E-state index contributed by atoms with van der Waals surface area (Å²) in [6.07, 6.45) is 10.2. The topological polar surface area (TPSA) is 26.3 Å². The van der Waals surface area contributed by atoms with Crippen LogP contribution < -0.4 is 4.74 Å². The number of esters is 1. The first-order chi connectivity index (χ1) is 11.7. The lowest BCUT2D eigenvalue weighted by atomic mass is 10.2. The van der Waals surface area contributed by atoms with E-state index in [-0.39, 0.29) is 5.97 Å². The molecule has 24 heavy (non-hydrogen) atoms. The molecule has 0 aliphatic heterocycles. The van der Waals surface area contributed by atoms with Crippen molar-refractivity contribution >= 4 is 17.3 Å². The van der Waals surface area contributed by atoms with Crippen molar-refractivity contribution in [3.8, 4) is 16.2 Å². The molecular weight excluding hydrogens is 316 g/mol. The maximum atomic E-state index is 11.8. The minimum atomic E-state index is -0.305. The van der Waals surface area contributed by atoms with Gasteiger partial charge in [-0.3, -0.25) is 0 Å². The fourth-order valence-electron chi connectivity index (χ4n) is 2.44. The third-order valence-corrected chi connectivity index (χ3v) is 4.94. The van der Waals surface area contributed by atoms with Gasteiger partial charge in [-0.1, -0.05) is 39.2 Å². The van der Waals surface area contributed by atoms with Gasteiger partial charge in [0.15, 0.2) is 0 Å². The molecule has 128 valence electrons. The van der Waals surface area contributed by atoms with Crippen LogP contribution in [0.4, 0.5) is 0 Å². The Balaban J connectivity index is 1.88. The molecule has 1 heterocycles. The molecular formula is C21H26O2S. The van der Waals surface area contributed by atoms with Gasteiger partial charge in [-0.05, 0) is 61.2 Å². The van der Waals surface area contributed by atoms with E-state index in [1.807, 2.05) is 41.7 Å². The van der Waals surface area contributed by atoms with Gasteiger partial charge in [0.25, 0.3) is 0 Å². The number of carbonyl (C=O) groups excluding carboxylic acids is 1. The molecule has 0 atom stereocenters. The van der Waals surface area contributed by atoms with Crippen LogP contribution in [0.1, 0.15) is 50.8 Å². The van der Waals surface area contributed by atoms with Crippen molar-refractivity contribution in [1.29, 1.82) is 0 Å². The summed E-state index contributed by atoms with van der Waals surface area (Å²) in [4.78, 5) is 14.4. The molecule has 0 spiro atoms. The van der Waals surface area contributed by atoms with E-state index in [9.17, 15) is 4.79 Å². The SMILES string of the molecule is CCCCCC=CC(=O)Oc1ccc(-c2ccc(CCC)s2)cc1. The van der Waals surface area contributed by atoms with Gasteiger partial charge in [0.2, 0.25) is 0 Å². The molecule has 0 fully saturated rings. The highest BCUT2D eigenvalue weighted by Crippen LogP contribution is 2.30. The fraction of sp³-hybridized carbons (Fsp3) is 0.381. The summed E-state index contributed by atoms with van der Waals surface area (Å²) in [5.41, 5.74) is 1.16. The molecule has 2 nitrogen and oxygen atoms in total. The molecule has 0 radical (unpaired) electrons. The van der Waals surface area contributed by atoms with E-state index >= 15 is 0 Å². The minimum Gasteiger partial charge on any atom is -0.423 e. The highest BCUT2D eigenvalue weighted by molar-refractivity contribution is 7.15. The number of hydrogen-bond donors (Lipinski definition) is 0. The first-order valence-electron chi connectivity index (χ1n) is 8.80. The number of thiophene rings is 1. The average molecular weight is 343 g/mol. The Morgan fingerprint density at radius 2 is 1.83 bits per heavy atom. The van der Waals surface area contributed by atoms with Crippen LogP contribution in [0, 0.1) is 0 Å². The number of allylic oxidation sites excluding steroid dienone is 1. The molecule has 2 rings (SSSR count). The number of carbonyl (C=O) groups is 1. The van der Waals surface area contributed by atoms with E-state index in [0.717, 1.165) is 24.8 Å². The number of benzene rings is 1. The van der Waals surface area contributed by atoms with Gasteiger partial charge in [-0.25, -0.2) is 4.79 Å². The molecule has 0 aliphatic carbocycles. The largest absolute Gasteiger partial charge is 0.423 e. The maximum Gasteiger partial charge on any atom is 0.335 e. The summed E-state index contributed by atoms with van der Waals surface area (Å²) < 4.78 is 5.33. The minimum absolute atomic E-state index is 0.305.